The van der Waals surface area contributed by atoms with Gasteiger partial charge in [-0.3, -0.25) is 0 Å². The highest BCUT2D eigenvalue weighted by Gasteiger charge is 2.47. The average Bonchev–Trinajstić information content (AvgIpc) is 2.44. The third-order valence-electron chi connectivity index (χ3n) is 2.72. The van der Waals surface area contributed by atoms with E-state index in [-0.39, 0.29) is 0 Å². The van der Waals surface area contributed by atoms with Gasteiger partial charge in [-0.15, -0.1) is 0 Å². The van der Waals surface area contributed by atoms with E-state index in [2.05, 4.69) is 5.32 Å². The van der Waals surface area contributed by atoms with Gasteiger partial charge in [0, 0.05) is 12.1 Å². The van der Waals surface area contributed by atoms with E-state index in [4.69, 9.17) is 5.73 Å². The van der Waals surface area contributed by atoms with Gasteiger partial charge in [-0.1, -0.05) is 0 Å². The smallest absolute Gasteiger partial charge is 0.0310 e. The molecule has 0 aromatic rings. The van der Waals surface area contributed by atoms with E-state index >= 15 is 0 Å². The predicted molar refractivity (Wildman–Crippen MR) is 37.1 cm³/mol. The fourth-order valence-electron chi connectivity index (χ4n) is 1.88. The Morgan fingerprint density at radius 2 is 2.44 bits per heavy atom. The van der Waals surface area contributed by atoms with Crippen LogP contribution >= 0.6 is 0 Å². The molecule has 1 heterocycles. The van der Waals surface area contributed by atoms with Crippen LogP contribution in [0.2, 0.25) is 0 Å². The molecular weight excluding hydrogens is 112 g/mol. The van der Waals surface area contributed by atoms with Crippen LogP contribution < -0.4 is 11.1 Å². The van der Waals surface area contributed by atoms with E-state index in [1.54, 1.807) is 0 Å². The average molecular weight is 126 g/mol. The van der Waals surface area contributed by atoms with Crippen molar-refractivity contribution < 1.29 is 0 Å². The fourth-order valence-corrected chi connectivity index (χ4v) is 1.88. The van der Waals surface area contributed by atoms with Crippen LogP contribution in [0.3, 0.4) is 0 Å². The van der Waals surface area contributed by atoms with Gasteiger partial charge in [-0.25, -0.2) is 0 Å². The molecule has 2 nitrogen and oxygen atoms in total. The van der Waals surface area contributed by atoms with Gasteiger partial charge in [0.25, 0.3) is 0 Å². The van der Waals surface area contributed by atoms with Crippen molar-refractivity contribution in [1.82, 2.24) is 5.32 Å². The highest BCUT2D eigenvalue weighted by atomic mass is 15.2. The molecule has 0 radical (unpaired) electrons. The second kappa shape index (κ2) is 1.70. The van der Waals surface area contributed by atoms with Crippen molar-refractivity contribution in [1.29, 1.82) is 0 Å². The molecule has 9 heavy (non-hydrogen) atoms. The summed E-state index contributed by atoms with van der Waals surface area (Å²) < 4.78 is 0. The second-order valence-corrected chi connectivity index (χ2v) is 3.48. The molecule has 2 heteroatoms. The minimum Gasteiger partial charge on any atom is -0.330 e. The van der Waals surface area contributed by atoms with E-state index in [1.807, 2.05) is 0 Å². The molecule has 0 aromatic heterocycles. The maximum absolute atomic E-state index is 5.55. The van der Waals surface area contributed by atoms with Crippen LogP contribution in [0.25, 0.3) is 0 Å². The van der Waals surface area contributed by atoms with Gasteiger partial charge in [0.05, 0.1) is 0 Å². The van der Waals surface area contributed by atoms with Gasteiger partial charge in [0.1, 0.15) is 0 Å². The summed E-state index contributed by atoms with van der Waals surface area (Å²) in [6.07, 6.45) is 4.06. The molecule has 1 spiro atoms. The van der Waals surface area contributed by atoms with Gasteiger partial charge >= 0.3 is 0 Å². The minimum absolute atomic E-state index is 0.587. The maximum Gasteiger partial charge on any atom is 0.0310 e. The first-order valence-corrected chi connectivity index (χ1v) is 3.80. The summed E-state index contributed by atoms with van der Waals surface area (Å²) in [4.78, 5) is 0. The molecule has 2 unspecified atom stereocenters. The van der Waals surface area contributed by atoms with Crippen molar-refractivity contribution in [2.45, 2.75) is 24.8 Å². The van der Waals surface area contributed by atoms with Crippen molar-refractivity contribution in [2.75, 3.05) is 13.1 Å². The second-order valence-electron chi connectivity index (χ2n) is 3.48. The van der Waals surface area contributed by atoms with E-state index in [9.17, 15) is 0 Å². The Morgan fingerprint density at radius 3 is 2.78 bits per heavy atom. The number of hydrogen-bond donors (Lipinski definition) is 2. The largest absolute Gasteiger partial charge is 0.330 e. The lowest BCUT2D eigenvalue weighted by Gasteiger charge is -2.03. The van der Waals surface area contributed by atoms with Crippen LogP contribution in [0.5, 0.6) is 0 Å². The first-order chi connectivity index (χ1) is 4.35. The van der Waals surface area contributed by atoms with Crippen LogP contribution in [0, 0.1) is 5.92 Å². The van der Waals surface area contributed by atoms with Gasteiger partial charge in [0.15, 0.2) is 0 Å². The zero-order valence-electron chi connectivity index (χ0n) is 5.69. The Labute approximate surface area is 55.8 Å². The van der Waals surface area contributed by atoms with E-state index in [0.717, 1.165) is 12.5 Å². The van der Waals surface area contributed by atoms with Crippen LogP contribution in [0.1, 0.15) is 19.3 Å². The Hall–Kier alpha value is -0.0800. The third kappa shape index (κ3) is 0.864. The Kier molecular flexibility index (Phi) is 1.08. The molecule has 52 valence electrons. The third-order valence-corrected chi connectivity index (χ3v) is 2.72. The molecular formula is C7H14N2. The SMILES string of the molecule is NCC1CCC2(CN2)C1. The lowest BCUT2D eigenvalue weighted by atomic mass is 10.1. The van der Waals surface area contributed by atoms with E-state index < -0.39 is 0 Å². The molecule has 0 amide bonds. The standard InChI is InChI=1S/C7H14N2/c8-4-6-1-2-7(3-6)5-9-7/h6,9H,1-5,8H2. The molecule has 2 fully saturated rings. The molecule has 0 aromatic carbocycles. The summed E-state index contributed by atoms with van der Waals surface area (Å²) in [6.45, 7) is 2.15. The van der Waals surface area contributed by atoms with Crippen molar-refractivity contribution in [3.8, 4) is 0 Å². The Balaban J connectivity index is 1.93. The molecule has 2 atom stereocenters. The zero-order valence-corrected chi connectivity index (χ0v) is 5.69. The lowest BCUT2D eigenvalue weighted by molar-refractivity contribution is 0.539. The Bertz CT molecular complexity index is 118. The van der Waals surface area contributed by atoms with E-state index in [1.165, 1.54) is 25.8 Å². The summed E-state index contributed by atoms with van der Waals surface area (Å²) in [5, 5.41) is 3.42. The van der Waals surface area contributed by atoms with Crippen LogP contribution in [-0.4, -0.2) is 18.6 Å². The number of nitrogens with one attached hydrogen (secondary N) is 1. The molecule has 1 aliphatic carbocycles. The normalized spacial score (nSPS) is 48.3. The highest BCUT2D eigenvalue weighted by molar-refractivity contribution is 5.08. The molecule has 2 rings (SSSR count). The molecule has 1 aliphatic heterocycles. The summed E-state index contributed by atoms with van der Waals surface area (Å²) in [5.74, 6) is 0.819. The summed E-state index contributed by atoms with van der Waals surface area (Å²) in [6, 6.07) is 0. The molecule has 0 bridgehead atoms. The van der Waals surface area contributed by atoms with Gasteiger partial charge in [-0.2, -0.15) is 0 Å². The monoisotopic (exact) mass is 126 g/mol. The highest BCUT2D eigenvalue weighted by Crippen LogP contribution is 2.39. The van der Waals surface area contributed by atoms with Crippen molar-refractivity contribution in [3.05, 3.63) is 0 Å². The lowest BCUT2D eigenvalue weighted by Crippen LogP contribution is -2.14. The fraction of sp³-hybridized carbons (Fsp3) is 1.00. The van der Waals surface area contributed by atoms with Gasteiger partial charge in [-0.05, 0) is 31.7 Å². The Morgan fingerprint density at radius 1 is 1.67 bits per heavy atom. The topological polar surface area (TPSA) is 48.0 Å². The maximum atomic E-state index is 5.55. The van der Waals surface area contributed by atoms with Crippen molar-refractivity contribution in [3.63, 3.8) is 0 Å². The summed E-state index contributed by atoms with van der Waals surface area (Å²) in [7, 11) is 0. The molecule has 2 aliphatic rings. The number of nitrogens with two attached hydrogens (primary N) is 1. The van der Waals surface area contributed by atoms with Gasteiger partial charge < -0.3 is 11.1 Å². The van der Waals surface area contributed by atoms with Crippen LogP contribution in [0.15, 0.2) is 0 Å². The van der Waals surface area contributed by atoms with Crippen molar-refractivity contribution in [2.24, 2.45) is 11.7 Å². The first kappa shape index (κ1) is 5.69. The van der Waals surface area contributed by atoms with Gasteiger partial charge in [0.2, 0.25) is 0 Å². The first-order valence-electron chi connectivity index (χ1n) is 3.80. The summed E-state index contributed by atoms with van der Waals surface area (Å²) >= 11 is 0. The quantitative estimate of drug-likeness (QED) is 0.489. The molecule has 3 N–H and O–H groups in total. The zero-order chi connectivity index (χ0) is 6.32. The van der Waals surface area contributed by atoms with E-state index in [0.29, 0.717) is 5.54 Å². The van der Waals surface area contributed by atoms with Crippen LogP contribution in [-0.2, 0) is 0 Å². The molecule has 1 saturated carbocycles. The predicted octanol–water partition coefficient (Wildman–Crippen LogP) is 0.0872. The number of hydrogen-bond acceptors (Lipinski definition) is 2. The molecule has 1 saturated heterocycles. The minimum atomic E-state index is 0.587. The summed E-state index contributed by atoms with van der Waals surface area (Å²) in [5.41, 5.74) is 6.14. The van der Waals surface area contributed by atoms with Crippen LogP contribution in [0.4, 0.5) is 0 Å². The van der Waals surface area contributed by atoms with Crippen molar-refractivity contribution >= 4 is 0 Å². The number of rotatable bonds is 1.